The average molecular weight is 323 g/mol. The van der Waals surface area contributed by atoms with Crippen molar-refractivity contribution in [2.45, 2.75) is 19.9 Å². The molecule has 0 amide bonds. The summed E-state index contributed by atoms with van der Waals surface area (Å²) in [5.74, 6) is 0.283. The van der Waals surface area contributed by atoms with Gasteiger partial charge in [-0.2, -0.15) is 0 Å². The van der Waals surface area contributed by atoms with Crippen LogP contribution < -0.4 is 5.32 Å². The van der Waals surface area contributed by atoms with Crippen LogP contribution in [0.3, 0.4) is 0 Å². The van der Waals surface area contributed by atoms with Gasteiger partial charge in [0.25, 0.3) is 0 Å². The highest BCUT2D eigenvalue weighted by Crippen LogP contribution is 2.30. The predicted molar refractivity (Wildman–Crippen MR) is 78.5 cm³/mol. The van der Waals surface area contributed by atoms with Crippen LogP contribution in [-0.2, 0) is 0 Å². The molecular formula is C14H15BrN2O2. The maximum Gasteiger partial charge on any atom is 0.121 e. The highest BCUT2D eigenvalue weighted by Gasteiger charge is 2.11. The second-order valence-electron chi connectivity index (χ2n) is 4.44. The molecule has 0 spiro atoms. The molecule has 4 nitrogen and oxygen atoms in total. The van der Waals surface area contributed by atoms with Gasteiger partial charge in [-0.25, -0.2) is 4.98 Å². The lowest BCUT2D eigenvalue weighted by atomic mass is 10.1. The van der Waals surface area contributed by atoms with E-state index in [2.05, 4.69) is 26.2 Å². The lowest BCUT2D eigenvalue weighted by molar-refractivity contribution is 0.451. The van der Waals surface area contributed by atoms with Crippen molar-refractivity contribution in [3.8, 4) is 11.5 Å². The average Bonchev–Trinajstić information content (AvgIpc) is 2.36. The molecule has 2 aromatic rings. The Balaban J connectivity index is 2.22. The van der Waals surface area contributed by atoms with Crippen molar-refractivity contribution in [1.82, 2.24) is 4.98 Å². The molecule has 0 fully saturated rings. The van der Waals surface area contributed by atoms with Crippen molar-refractivity contribution in [2.75, 3.05) is 5.32 Å². The number of aromatic nitrogens is 1. The fourth-order valence-electron chi connectivity index (χ4n) is 1.85. The summed E-state index contributed by atoms with van der Waals surface area (Å²) in [5.41, 5.74) is 2.52. The molecule has 19 heavy (non-hydrogen) atoms. The Hall–Kier alpha value is -1.75. The van der Waals surface area contributed by atoms with Gasteiger partial charge in [0.2, 0.25) is 0 Å². The smallest absolute Gasteiger partial charge is 0.121 e. The maximum absolute atomic E-state index is 9.81. The summed E-state index contributed by atoms with van der Waals surface area (Å²) in [6, 6.07) is 6.30. The van der Waals surface area contributed by atoms with Crippen LogP contribution in [0.2, 0.25) is 0 Å². The Morgan fingerprint density at radius 1 is 1.26 bits per heavy atom. The van der Waals surface area contributed by atoms with Gasteiger partial charge < -0.3 is 15.5 Å². The molecule has 2 rings (SSSR count). The SMILES string of the molecule is Cc1cc(NC(C)c2cc(O)ccc2O)cnc1Br. The number of benzene rings is 1. The van der Waals surface area contributed by atoms with E-state index in [0.717, 1.165) is 15.9 Å². The Morgan fingerprint density at radius 2 is 2.00 bits per heavy atom. The van der Waals surface area contributed by atoms with Gasteiger partial charge in [0.05, 0.1) is 17.9 Å². The largest absolute Gasteiger partial charge is 0.508 e. The van der Waals surface area contributed by atoms with E-state index in [1.807, 2.05) is 19.9 Å². The van der Waals surface area contributed by atoms with Crippen molar-refractivity contribution < 1.29 is 10.2 Å². The van der Waals surface area contributed by atoms with E-state index in [1.54, 1.807) is 12.3 Å². The zero-order valence-corrected chi connectivity index (χ0v) is 12.3. The number of hydrogen-bond acceptors (Lipinski definition) is 4. The molecule has 0 aliphatic carbocycles. The van der Waals surface area contributed by atoms with Crippen LogP contribution in [-0.4, -0.2) is 15.2 Å². The van der Waals surface area contributed by atoms with Gasteiger partial charge in [-0.3, -0.25) is 0 Å². The van der Waals surface area contributed by atoms with E-state index in [9.17, 15) is 10.2 Å². The first-order valence-electron chi connectivity index (χ1n) is 5.88. The molecule has 1 atom stereocenters. The molecule has 0 saturated carbocycles. The molecule has 0 aliphatic rings. The van der Waals surface area contributed by atoms with Gasteiger partial charge in [-0.1, -0.05) is 0 Å². The van der Waals surface area contributed by atoms with Gasteiger partial charge in [-0.15, -0.1) is 0 Å². The van der Waals surface area contributed by atoms with Gasteiger partial charge in [0, 0.05) is 5.56 Å². The van der Waals surface area contributed by atoms with Gasteiger partial charge in [0.15, 0.2) is 0 Å². The minimum atomic E-state index is -0.144. The molecule has 1 heterocycles. The number of phenolic OH excluding ortho intramolecular Hbond substituents is 2. The minimum Gasteiger partial charge on any atom is -0.508 e. The summed E-state index contributed by atoms with van der Waals surface area (Å²) in [6.45, 7) is 3.87. The highest BCUT2D eigenvalue weighted by atomic mass is 79.9. The number of nitrogens with one attached hydrogen (secondary N) is 1. The van der Waals surface area contributed by atoms with Crippen molar-refractivity contribution in [3.05, 3.63) is 46.2 Å². The van der Waals surface area contributed by atoms with Crippen LogP contribution in [0.4, 0.5) is 5.69 Å². The standard InChI is InChI=1S/C14H15BrN2O2/c1-8-5-10(7-16-14(8)15)17-9(2)12-6-11(18)3-4-13(12)19/h3-7,9,17-19H,1-2H3. The normalized spacial score (nSPS) is 12.2. The van der Waals surface area contributed by atoms with Crippen LogP contribution in [0.25, 0.3) is 0 Å². The molecule has 3 N–H and O–H groups in total. The number of anilines is 1. The Morgan fingerprint density at radius 3 is 2.68 bits per heavy atom. The van der Waals surface area contributed by atoms with Crippen LogP contribution in [0.5, 0.6) is 11.5 Å². The second kappa shape index (κ2) is 5.48. The Kier molecular flexibility index (Phi) is 3.95. The number of aryl methyl sites for hydroxylation is 1. The summed E-state index contributed by atoms with van der Waals surface area (Å²) in [7, 11) is 0. The van der Waals surface area contributed by atoms with Crippen molar-refractivity contribution >= 4 is 21.6 Å². The van der Waals surface area contributed by atoms with E-state index < -0.39 is 0 Å². The lowest BCUT2D eigenvalue weighted by Gasteiger charge is -2.17. The van der Waals surface area contributed by atoms with Gasteiger partial charge >= 0.3 is 0 Å². The summed E-state index contributed by atoms with van der Waals surface area (Å²) < 4.78 is 0.811. The number of phenols is 2. The van der Waals surface area contributed by atoms with Crippen molar-refractivity contribution in [2.24, 2.45) is 0 Å². The number of hydrogen-bond donors (Lipinski definition) is 3. The predicted octanol–water partition coefficient (Wildman–Crippen LogP) is 3.74. The van der Waals surface area contributed by atoms with Crippen molar-refractivity contribution in [3.63, 3.8) is 0 Å². The van der Waals surface area contributed by atoms with E-state index in [1.165, 1.54) is 12.1 Å². The molecule has 0 aliphatic heterocycles. The first kappa shape index (κ1) is 13.7. The summed E-state index contributed by atoms with van der Waals surface area (Å²) in [6.07, 6.45) is 1.72. The molecule has 1 aromatic carbocycles. The maximum atomic E-state index is 9.81. The topological polar surface area (TPSA) is 65.4 Å². The molecule has 0 saturated heterocycles. The van der Waals surface area contributed by atoms with Crippen LogP contribution in [0.1, 0.15) is 24.1 Å². The van der Waals surface area contributed by atoms with Crippen LogP contribution in [0, 0.1) is 6.92 Å². The Labute approximate surface area is 120 Å². The monoisotopic (exact) mass is 322 g/mol. The molecule has 1 aromatic heterocycles. The van der Waals surface area contributed by atoms with Crippen LogP contribution in [0.15, 0.2) is 35.1 Å². The fraction of sp³-hybridized carbons (Fsp3) is 0.214. The zero-order chi connectivity index (χ0) is 14.0. The first-order chi connectivity index (χ1) is 8.97. The third-order valence-corrected chi connectivity index (χ3v) is 3.71. The quantitative estimate of drug-likeness (QED) is 0.595. The number of pyridine rings is 1. The molecular weight excluding hydrogens is 308 g/mol. The number of nitrogens with zero attached hydrogens (tertiary/aromatic N) is 1. The van der Waals surface area contributed by atoms with Crippen molar-refractivity contribution in [1.29, 1.82) is 0 Å². The molecule has 0 bridgehead atoms. The number of aromatic hydroxyl groups is 2. The molecule has 100 valence electrons. The zero-order valence-electron chi connectivity index (χ0n) is 10.7. The fourth-order valence-corrected chi connectivity index (χ4v) is 2.07. The molecule has 1 unspecified atom stereocenters. The summed E-state index contributed by atoms with van der Waals surface area (Å²) >= 11 is 3.35. The minimum absolute atomic E-state index is 0.131. The Bertz CT molecular complexity index is 602. The molecule has 0 radical (unpaired) electrons. The van der Waals surface area contributed by atoms with E-state index in [0.29, 0.717) is 5.56 Å². The third-order valence-electron chi connectivity index (χ3n) is 2.88. The van der Waals surface area contributed by atoms with Crippen LogP contribution >= 0.6 is 15.9 Å². The number of rotatable bonds is 3. The van der Waals surface area contributed by atoms with E-state index in [4.69, 9.17) is 0 Å². The number of halogens is 1. The summed E-state index contributed by atoms with van der Waals surface area (Å²) in [4.78, 5) is 4.21. The molecule has 5 heteroatoms. The second-order valence-corrected chi connectivity index (χ2v) is 5.19. The highest BCUT2D eigenvalue weighted by molar-refractivity contribution is 9.10. The first-order valence-corrected chi connectivity index (χ1v) is 6.67. The van der Waals surface area contributed by atoms with E-state index in [-0.39, 0.29) is 17.5 Å². The summed E-state index contributed by atoms with van der Waals surface area (Å²) in [5, 5.41) is 22.5. The lowest BCUT2D eigenvalue weighted by Crippen LogP contribution is -2.07. The third kappa shape index (κ3) is 3.17. The van der Waals surface area contributed by atoms with Gasteiger partial charge in [0.1, 0.15) is 16.1 Å². The van der Waals surface area contributed by atoms with Gasteiger partial charge in [-0.05, 0) is 59.6 Å². The van der Waals surface area contributed by atoms with E-state index >= 15 is 0 Å².